The van der Waals surface area contributed by atoms with Gasteiger partial charge in [0, 0.05) is 17.6 Å². The van der Waals surface area contributed by atoms with Crippen LogP contribution in [0.4, 0.5) is 0 Å². The van der Waals surface area contributed by atoms with Crippen LogP contribution in [0.25, 0.3) is 0 Å². The van der Waals surface area contributed by atoms with Crippen molar-refractivity contribution in [2.45, 2.75) is 44.7 Å². The SMILES string of the molecule is CCOc1ccccc1C1C(CNC)CCCN1C1CC1. The number of ether oxygens (including phenoxy) is 1. The molecule has 1 N–H and O–H groups in total. The molecule has 2 atom stereocenters. The summed E-state index contributed by atoms with van der Waals surface area (Å²) in [5.41, 5.74) is 1.39. The fraction of sp³-hybridized carbons (Fsp3) is 0.667. The molecule has 3 nitrogen and oxygen atoms in total. The van der Waals surface area contributed by atoms with Crippen LogP contribution in [0.2, 0.25) is 0 Å². The predicted octanol–water partition coefficient (Wildman–Crippen LogP) is 3.22. The van der Waals surface area contributed by atoms with Crippen LogP contribution in [0, 0.1) is 5.92 Å². The lowest BCUT2D eigenvalue weighted by molar-refractivity contribution is 0.0821. The van der Waals surface area contributed by atoms with Crippen LogP contribution in [0.1, 0.15) is 44.2 Å². The monoisotopic (exact) mass is 288 g/mol. The van der Waals surface area contributed by atoms with Gasteiger partial charge in [-0.15, -0.1) is 0 Å². The summed E-state index contributed by atoms with van der Waals surface area (Å²) in [7, 11) is 2.07. The second-order valence-electron chi connectivity index (χ2n) is 6.34. The van der Waals surface area contributed by atoms with E-state index in [0.29, 0.717) is 12.0 Å². The van der Waals surface area contributed by atoms with Crippen molar-refractivity contribution in [2.75, 3.05) is 26.7 Å². The molecule has 1 aliphatic heterocycles. The van der Waals surface area contributed by atoms with Gasteiger partial charge in [-0.25, -0.2) is 0 Å². The molecule has 116 valence electrons. The molecular weight excluding hydrogens is 260 g/mol. The average molecular weight is 288 g/mol. The normalized spacial score (nSPS) is 26.8. The van der Waals surface area contributed by atoms with Crippen molar-refractivity contribution in [3.63, 3.8) is 0 Å². The molecule has 1 saturated heterocycles. The van der Waals surface area contributed by atoms with E-state index in [4.69, 9.17) is 4.74 Å². The quantitative estimate of drug-likeness (QED) is 0.870. The van der Waals surface area contributed by atoms with Gasteiger partial charge in [-0.2, -0.15) is 0 Å². The van der Waals surface area contributed by atoms with E-state index in [1.165, 1.54) is 37.8 Å². The molecule has 21 heavy (non-hydrogen) atoms. The minimum atomic E-state index is 0.515. The number of piperidine rings is 1. The van der Waals surface area contributed by atoms with Crippen LogP contribution >= 0.6 is 0 Å². The second kappa shape index (κ2) is 6.80. The van der Waals surface area contributed by atoms with Crippen molar-refractivity contribution < 1.29 is 4.74 Å². The van der Waals surface area contributed by atoms with Gasteiger partial charge in [0.15, 0.2) is 0 Å². The third-order valence-electron chi connectivity index (χ3n) is 4.81. The zero-order valence-corrected chi connectivity index (χ0v) is 13.3. The zero-order chi connectivity index (χ0) is 14.7. The van der Waals surface area contributed by atoms with Gasteiger partial charge in [0.25, 0.3) is 0 Å². The average Bonchev–Trinajstić information content (AvgIpc) is 3.33. The molecule has 0 radical (unpaired) electrons. The minimum absolute atomic E-state index is 0.515. The first-order valence-electron chi connectivity index (χ1n) is 8.47. The van der Waals surface area contributed by atoms with Crippen LogP contribution < -0.4 is 10.1 Å². The minimum Gasteiger partial charge on any atom is -0.494 e. The Morgan fingerprint density at radius 3 is 2.76 bits per heavy atom. The summed E-state index contributed by atoms with van der Waals surface area (Å²) in [6.07, 6.45) is 5.39. The molecule has 3 rings (SSSR count). The van der Waals surface area contributed by atoms with Gasteiger partial charge >= 0.3 is 0 Å². The molecule has 0 amide bonds. The highest BCUT2D eigenvalue weighted by atomic mass is 16.5. The van der Waals surface area contributed by atoms with Crippen LogP contribution in [0.5, 0.6) is 5.75 Å². The summed E-state index contributed by atoms with van der Waals surface area (Å²) in [6.45, 7) is 5.15. The van der Waals surface area contributed by atoms with Gasteiger partial charge in [-0.05, 0) is 64.7 Å². The number of hydrogen-bond donors (Lipinski definition) is 1. The first-order valence-corrected chi connectivity index (χ1v) is 8.47. The first-order chi connectivity index (χ1) is 10.3. The molecule has 1 aromatic carbocycles. The molecular formula is C18H28N2O. The van der Waals surface area contributed by atoms with Crippen molar-refractivity contribution in [2.24, 2.45) is 5.92 Å². The van der Waals surface area contributed by atoms with Crippen molar-refractivity contribution >= 4 is 0 Å². The van der Waals surface area contributed by atoms with Gasteiger partial charge in [-0.1, -0.05) is 18.2 Å². The molecule has 2 unspecified atom stereocenters. The molecule has 1 heterocycles. The summed E-state index contributed by atoms with van der Waals surface area (Å²) < 4.78 is 5.92. The zero-order valence-electron chi connectivity index (χ0n) is 13.3. The maximum atomic E-state index is 5.92. The van der Waals surface area contributed by atoms with Gasteiger partial charge < -0.3 is 10.1 Å². The number of rotatable bonds is 6. The van der Waals surface area contributed by atoms with E-state index in [1.807, 2.05) is 0 Å². The maximum absolute atomic E-state index is 5.92. The Hall–Kier alpha value is -1.06. The standard InChI is InChI=1S/C18H28N2O/c1-3-21-17-9-5-4-8-16(17)18-14(13-19-2)7-6-12-20(18)15-10-11-15/h4-5,8-9,14-15,18-19H,3,6-7,10-13H2,1-2H3. The highest BCUT2D eigenvalue weighted by molar-refractivity contribution is 5.37. The molecule has 2 aliphatic rings. The van der Waals surface area contributed by atoms with Crippen LogP contribution in [-0.4, -0.2) is 37.7 Å². The Labute approximate surface area is 128 Å². The Balaban J connectivity index is 1.92. The number of hydrogen-bond acceptors (Lipinski definition) is 3. The molecule has 2 fully saturated rings. The molecule has 0 aromatic heterocycles. The Kier molecular flexibility index (Phi) is 4.81. The summed E-state index contributed by atoms with van der Waals surface area (Å²) in [6, 6.07) is 9.99. The smallest absolute Gasteiger partial charge is 0.124 e. The number of likely N-dealkylation sites (tertiary alicyclic amines) is 1. The third-order valence-corrected chi connectivity index (χ3v) is 4.81. The van der Waals surface area contributed by atoms with Crippen LogP contribution in [0.3, 0.4) is 0 Å². The molecule has 3 heteroatoms. The fourth-order valence-corrected chi connectivity index (χ4v) is 3.84. The highest BCUT2D eigenvalue weighted by Crippen LogP contribution is 2.45. The second-order valence-corrected chi connectivity index (χ2v) is 6.34. The Bertz CT molecular complexity index is 456. The van der Waals surface area contributed by atoms with Crippen molar-refractivity contribution in [1.29, 1.82) is 0 Å². The first kappa shape index (κ1) is 14.9. The van der Waals surface area contributed by atoms with Gasteiger partial charge in [0.1, 0.15) is 5.75 Å². The Morgan fingerprint density at radius 1 is 1.24 bits per heavy atom. The van der Waals surface area contributed by atoms with E-state index in [0.717, 1.165) is 24.9 Å². The lowest BCUT2D eigenvalue weighted by Crippen LogP contribution is -2.43. The van der Waals surface area contributed by atoms with Gasteiger partial charge in [-0.3, -0.25) is 4.90 Å². The largest absolute Gasteiger partial charge is 0.494 e. The third kappa shape index (κ3) is 3.24. The molecule has 0 bridgehead atoms. The topological polar surface area (TPSA) is 24.5 Å². The summed E-state index contributed by atoms with van der Waals surface area (Å²) >= 11 is 0. The number of nitrogens with zero attached hydrogens (tertiary/aromatic N) is 1. The van der Waals surface area contributed by atoms with Crippen molar-refractivity contribution in [3.05, 3.63) is 29.8 Å². The number of nitrogens with one attached hydrogen (secondary N) is 1. The lowest BCUT2D eigenvalue weighted by atomic mass is 9.84. The van der Waals surface area contributed by atoms with Crippen molar-refractivity contribution in [1.82, 2.24) is 10.2 Å². The molecule has 1 saturated carbocycles. The van der Waals surface area contributed by atoms with Gasteiger partial charge in [0.2, 0.25) is 0 Å². The van der Waals surface area contributed by atoms with E-state index >= 15 is 0 Å². The highest BCUT2D eigenvalue weighted by Gasteiger charge is 2.41. The molecule has 1 aromatic rings. The van der Waals surface area contributed by atoms with E-state index in [1.54, 1.807) is 0 Å². The Morgan fingerprint density at radius 2 is 2.05 bits per heavy atom. The summed E-state index contributed by atoms with van der Waals surface area (Å²) in [4.78, 5) is 2.75. The summed E-state index contributed by atoms with van der Waals surface area (Å²) in [5.74, 6) is 1.77. The van der Waals surface area contributed by atoms with Gasteiger partial charge in [0.05, 0.1) is 6.61 Å². The number of benzene rings is 1. The molecule has 1 aliphatic carbocycles. The van der Waals surface area contributed by atoms with Crippen LogP contribution in [-0.2, 0) is 0 Å². The van der Waals surface area contributed by atoms with E-state index < -0.39 is 0 Å². The fourth-order valence-electron chi connectivity index (χ4n) is 3.84. The number of para-hydroxylation sites is 1. The maximum Gasteiger partial charge on any atom is 0.124 e. The van der Waals surface area contributed by atoms with E-state index in [2.05, 4.69) is 48.5 Å². The lowest BCUT2D eigenvalue weighted by Gasteiger charge is -2.42. The van der Waals surface area contributed by atoms with E-state index in [-0.39, 0.29) is 0 Å². The van der Waals surface area contributed by atoms with Crippen molar-refractivity contribution in [3.8, 4) is 5.75 Å². The summed E-state index contributed by atoms with van der Waals surface area (Å²) in [5, 5.41) is 3.40. The van der Waals surface area contributed by atoms with E-state index in [9.17, 15) is 0 Å². The van der Waals surface area contributed by atoms with Crippen LogP contribution in [0.15, 0.2) is 24.3 Å². The molecule has 0 spiro atoms. The predicted molar refractivity (Wildman–Crippen MR) is 86.7 cm³/mol.